The van der Waals surface area contributed by atoms with E-state index in [0.717, 1.165) is 18.4 Å². The van der Waals surface area contributed by atoms with E-state index in [0.29, 0.717) is 24.3 Å². The SMILES string of the molecule is CS(=O)(=O)c1ccc(CCC(=O)NCC2(c3ccsc3)CC2)cc1. The number of hydrogen-bond acceptors (Lipinski definition) is 4. The molecule has 1 aromatic heterocycles. The van der Waals surface area contributed by atoms with Gasteiger partial charge < -0.3 is 5.32 Å². The molecule has 1 amide bonds. The third-order valence-corrected chi connectivity index (χ3v) is 6.41. The van der Waals surface area contributed by atoms with Gasteiger partial charge in [0.05, 0.1) is 4.90 Å². The minimum atomic E-state index is -3.17. The van der Waals surface area contributed by atoms with Crippen LogP contribution in [0.5, 0.6) is 0 Å². The number of aryl methyl sites for hydroxylation is 1. The van der Waals surface area contributed by atoms with Crippen LogP contribution in [0.25, 0.3) is 0 Å². The van der Waals surface area contributed by atoms with E-state index in [4.69, 9.17) is 0 Å². The van der Waals surface area contributed by atoms with Gasteiger partial charge in [-0.3, -0.25) is 4.79 Å². The van der Waals surface area contributed by atoms with Gasteiger partial charge in [-0.15, -0.1) is 0 Å². The van der Waals surface area contributed by atoms with Crippen LogP contribution in [0.15, 0.2) is 46.0 Å². The second kappa shape index (κ2) is 6.69. The average molecular weight is 364 g/mol. The summed E-state index contributed by atoms with van der Waals surface area (Å²) in [7, 11) is -3.17. The Kier molecular flexibility index (Phi) is 4.78. The lowest BCUT2D eigenvalue weighted by Crippen LogP contribution is -2.32. The number of sulfone groups is 1. The predicted molar refractivity (Wildman–Crippen MR) is 96.1 cm³/mol. The molecule has 3 rings (SSSR count). The summed E-state index contributed by atoms with van der Waals surface area (Å²) in [4.78, 5) is 12.4. The van der Waals surface area contributed by atoms with Crippen molar-refractivity contribution in [2.45, 2.75) is 36.0 Å². The monoisotopic (exact) mass is 363 g/mol. The Morgan fingerprint density at radius 2 is 1.92 bits per heavy atom. The Labute approximate surface area is 146 Å². The van der Waals surface area contributed by atoms with Crippen LogP contribution in [-0.2, 0) is 26.5 Å². The highest BCUT2D eigenvalue weighted by Gasteiger charge is 2.44. The average Bonchev–Trinajstić information content (AvgIpc) is 3.13. The number of rotatable bonds is 7. The van der Waals surface area contributed by atoms with Crippen LogP contribution < -0.4 is 5.32 Å². The van der Waals surface area contributed by atoms with E-state index in [1.54, 1.807) is 35.6 Å². The van der Waals surface area contributed by atoms with Crippen molar-refractivity contribution in [2.24, 2.45) is 0 Å². The fourth-order valence-electron chi connectivity index (χ4n) is 2.80. The highest BCUT2D eigenvalue weighted by atomic mass is 32.2. The molecule has 128 valence electrons. The van der Waals surface area contributed by atoms with Gasteiger partial charge in [0.2, 0.25) is 5.91 Å². The van der Waals surface area contributed by atoms with Crippen LogP contribution in [0.4, 0.5) is 0 Å². The molecule has 1 heterocycles. The third kappa shape index (κ3) is 4.05. The Bertz CT molecular complexity index is 804. The summed E-state index contributed by atoms with van der Waals surface area (Å²) in [6.45, 7) is 0.704. The Balaban J connectivity index is 1.48. The van der Waals surface area contributed by atoms with Gasteiger partial charge in [0.15, 0.2) is 9.84 Å². The van der Waals surface area contributed by atoms with Gasteiger partial charge in [0, 0.05) is 24.6 Å². The first-order valence-electron chi connectivity index (χ1n) is 7.97. The van der Waals surface area contributed by atoms with E-state index >= 15 is 0 Å². The molecule has 1 aromatic carbocycles. The number of hydrogen-bond donors (Lipinski definition) is 1. The molecule has 6 heteroatoms. The number of thiophene rings is 1. The van der Waals surface area contributed by atoms with E-state index in [1.165, 1.54) is 11.8 Å². The normalized spacial score (nSPS) is 15.9. The van der Waals surface area contributed by atoms with Crippen molar-refractivity contribution in [3.63, 3.8) is 0 Å². The molecule has 2 aromatic rings. The van der Waals surface area contributed by atoms with Crippen molar-refractivity contribution in [1.29, 1.82) is 0 Å². The zero-order chi connectivity index (χ0) is 17.2. The van der Waals surface area contributed by atoms with E-state index < -0.39 is 9.84 Å². The first-order chi connectivity index (χ1) is 11.4. The summed E-state index contributed by atoms with van der Waals surface area (Å²) in [6, 6.07) is 8.89. The number of benzene rings is 1. The van der Waals surface area contributed by atoms with Gasteiger partial charge in [-0.2, -0.15) is 11.3 Å². The molecule has 1 aliphatic carbocycles. The fraction of sp³-hybridized carbons (Fsp3) is 0.389. The minimum Gasteiger partial charge on any atom is -0.355 e. The molecule has 24 heavy (non-hydrogen) atoms. The first kappa shape index (κ1) is 17.2. The summed E-state index contributed by atoms with van der Waals surface area (Å²) < 4.78 is 22.9. The molecule has 1 aliphatic rings. The van der Waals surface area contributed by atoms with E-state index in [2.05, 4.69) is 22.1 Å². The highest BCUT2D eigenvalue weighted by molar-refractivity contribution is 7.90. The standard InChI is InChI=1S/C18H21NO3S2/c1-24(21,22)16-5-2-14(3-6-16)4-7-17(20)19-13-18(9-10-18)15-8-11-23-12-15/h2-3,5-6,8,11-12H,4,7,9-10,13H2,1H3,(H,19,20). The molecule has 0 atom stereocenters. The Morgan fingerprint density at radius 3 is 2.46 bits per heavy atom. The zero-order valence-corrected chi connectivity index (χ0v) is 15.3. The molecular formula is C18H21NO3S2. The largest absolute Gasteiger partial charge is 0.355 e. The molecule has 4 nitrogen and oxygen atoms in total. The van der Waals surface area contributed by atoms with Crippen LogP contribution >= 0.6 is 11.3 Å². The summed E-state index contributed by atoms with van der Waals surface area (Å²) in [5.74, 6) is 0.0451. The van der Waals surface area contributed by atoms with Gasteiger partial charge in [-0.1, -0.05) is 12.1 Å². The quantitative estimate of drug-likeness (QED) is 0.823. The molecule has 0 radical (unpaired) electrons. The molecule has 0 spiro atoms. The number of amides is 1. The zero-order valence-electron chi connectivity index (χ0n) is 13.6. The Morgan fingerprint density at radius 1 is 1.21 bits per heavy atom. The van der Waals surface area contributed by atoms with Crippen molar-refractivity contribution in [3.8, 4) is 0 Å². The predicted octanol–water partition coefficient (Wildman–Crippen LogP) is 2.93. The fourth-order valence-corrected chi connectivity index (χ4v) is 4.21. The molecule has 0 bridgehead atoms. The summed E-state index contributed by atoms with van der Waals surface area (Å²) in [5, 5.41) is 7.30. The van der Waals surface area contributed by atoms with Crippen molar-refractivity contribution >= 4 is 27.1 Å². The van der Waals surface area contributed by atoms with Gasteiger partial charge in [-0.05, 0) is 59.3 Å². The maximum Gasteiger partial charge on any atom is 0.220 e. The van der Waals surface area contributed by atoms with Gasteiger partial charge >= 0.3 is 0 Å². The van der Waals surface area contributed by atoms with Crippen molar-refractivity contribution < 1.29 is 13.2 Å². The second-order valence-electron chi connectivity index (χ2n) is 6.49. The second-order valence-corrected chi connectivity index (χ2v) is 9.28. The lowest BCUT2D eigenvalue weighted by Gasteiger charge is -2.14. The molecule has 1 fully saturated rings. The summed E-state index contributed by atoms with van der Waals surface area (Å²) >= 11 is 1.70. The molecule has 0 unspecified atom stereocenters. The van der Waals surface area contributed by atoms with Crippen molar-refractivity contribution in [3.05, 3.63) is 52.2 Å². The van der Waals surface area contributed by atoms with Gasteiger partial charge in [0.1, 0.15) is 0 Å². The summed E-state index contributed by atoms with van der Waals surface area (Å²) in [6.07, 6.45) is 4.49. The van der Waals surface area contributed by atoms with Gasteiger partial charge in [0.25, 0.3) is 0 Å². The number of carbonyl (C=O) groups excluding carboxylic acids is 1. The Hall–Kier alpha value is -1.66. The van der Waals surface area contributed by atoms with E-state index in [1.807, 2.05) is 0 Å². The number of nitrogens with one attached hydrogen (secondary N) is 1. The summed E-state index contributed by atoms with van der Waals surface area (Å²) in [5.41, 5.74) is 2.47. The molecular weight excluding hydrogens is 342 g/mol. The van der Waals surface area contributed by atoms with Crippen LogP contribution in [-0.4, -0.2) is 27.1 Å². The van der Waals surface area contributed by atoms with Crippen molar-refractivity contribution in [2.75, 3.05) is 12.8 Å². The molecule has 1 N–H and O–H groups in total. The van der Waals surface area contributed by atoms with Crippen LogP contribution in [0.2, 0.25) is 0 Å². The van der Waals surface area contributed by atoms with Crippen LogP contribution in [0.1, 0.15) is 30.4 Å². The van der Waals surface area contributed by atoms with Crippen LogP contribution in [0, 0.1) is 0 Å². The van der Waals surface area contributed by atoms with E-state index in [9.17, 15) is 13.2 Å². The lowest BCUT2D eigenvalue weighted by molar-refractivity contribution is -0.121. The smallest absolute Gasteiger partial charge is 0.220 e. The number of carbonyl (C=O) groups is 1. The topological polar surface area (TPSA) is 63.2 Å². The lowest BCUT2D eigenvalue weighted by atomic mass is 9.99. The molecule has 1 saturated carbocycles. The van der Waals surface area contributed by atoms with E-state index in [-0.39, 0.29) is 11.3 Å². The molecule has 0 saturated heterocycles. The maximum absolute atomic E-state index is 12.1. The minimum absolute atomic E-state index is 0.0451. The van der Waals surface area contributed by atoms with Crippen molar-refractivity contribution in [1.82, 2.24) is 5.32 Å². The molecule has 0 aliphatic heterocycles. The van der Waals surface area contributed by atoms with Gasteiger partial charge in [-0.25, -0.2) is 8.42 Å². The first-order valence-corrected chi connectivity index (χ1v) is 10.8. The van der Waals surface area contributed by atoms with Crippen LogP contribution in [0.3, 0.4) is 0 Å². The maximum atomic E-state index is 12.1. The third-order valence-electron chi connectivity index (χ3n) is 4.60. The highest BCUT2D eigenvalue weighted by Crippen LogP contribution is 2.48.